The fourth-order valence-corrected chi connectivity index (χ4v) is 0. The van der Waals surface area contributed by atoms with Gasteiger partial charge in [-0.2, -0.15) is 0 Å². The van der Waals surface area contributed by atoms with Crippen molar-refractivity contribution < 1.29 is 24.9 Å². The molecule has 0 aromatic carbocycles. The first-order valence-corrected chi connectivity index (χ1v) is 1.15. The van der Waals surface area contributed by atoms with Crippen molar-refractivity contribution in [3.8, 4) is 0 Å². The maximum atomic E-state index is 8.56. The van der Waals surface area contributed by atoms with E-state index in [1.165, 1.54) is 0 Å². The molecular weight excluding hydrogens is 132 g/mol. The van der Waals surface area contributed by atoms with Crippen molar-refractivity contribution in [3.05, 3.63) is 0 Å². The predicted octanol–water partition coefficient (Wildman–Crippen LogP) is 0.247. The molecule has 0 heterocycles. The van der Waals surface area contributed by atoms with Gasteiger partial charge in [-0.1, -0.05) is 0 Å². The molecule has 0 unspecified atom stereocenters. The van der Waals surface area contributed by atoms with Crippen molar-refractivity contribution in [2.75, 3.05) is 0 Å². The van der Waals surface area contributed by atoms with E-state index in [1.807, 2.05) is 0 Å². The summed E-state index contributed by atoms with van der Waals surface area (Å²) in [5.74, 6) is 0. The van der Waals surface area contributed by atoms with Crippen LogP contribution in [0.25, 0.3) is 0 Å². The molecule has 0 bridgehead atoms. The fourth-order valence-electron chi connectivity index (χ4n) is 0. The minimum atomic E-state index is -1.83. The van der Waals surface area contributed by atoms with E-state index in [2.05, 4.69) is 0 Å². The van der Waals surface area contributed by atoms with Gasteiger partial charge < -0.3 is 27.6 Å². The highest BCUT2D eigenvalue weighted by atomic mass is 16.6. The molecule has 0 saturated carbocycles. The average molecular weight is 142 g/mol. The molecule has 0 spiro atoms. The number of carboxylic acid groups (broad SMARTS) is 3. The van der Waals surface area contributed by atoms with Crippen molar-refractivity contribution in [1.29, 1.82) is 0 Å². The summed E-state index contributed by atoms with van der Waals surface area (Å²) in [6.07, 6.45) is -1.83. The molecular formula is C2H10N2O5. The minimum Gasteiger partial charge on any atom is -0.483 e. The highest BCUT2D eigenvalue weighted by molar-refractivity contribution is 5.53. The van der Waals surface area contributed by atoms with Crippen molar-refractivity contribution in [1.82, 2.24) is 12.3 Å². The lowest BCUT2D eigenvalue weighted by Crippen LogP contribution is -1.81. The molecule has 7 heteroatoms. The van der Waals surface area contributed by atoms with E-state index >= 15 is 0 Å². The number of hydrogen-bond donors (Lipinski definition) is 5. The highest BCUT2D eigenvalue weighted by Crippen LogP contribution is 1.42. The Balaban J connectivity index is -0.0000000233. The Morgan fingerprint density at radius 2 is 1.22 bits per heavy atom. The van der Waals surface area contributed by atoms with Gasteiger partial charge in [0.05, 0.1) is 0 Å². The van der Waals surface area contributed by atoms with E-state index in [0.29, 0.717) is 0 Å². The molecule has 0 radical (unpaired) electrons. The lowest BCUT2D eigenvalue weighted by atomic mass is 11.5. The SMILES string of the molecule is N.N.O=C(O)O.O=CO. The van der Waals surface area contributed by atoms with Gasteiger partial charge in [-0.25, -0.2) is 4.79 Å². The van der Waals surface area contributed by atoms with Crippen LogP contribution < -0.4 is 12.3 Å². The average Bonchev–Trinajstić information content (AvgIpc) is 1.33. The summed E-state index contributed by atoms with van der Waals surface area (Å²) < 4.78 is 0. The van der Waals surface area contributed by atoms with E-state index in [-0.39, 0.29) is 18.8 Å². The Kier molecular flexibility index (Phi) is 85.0. The van der Waals surface area contributed by atoms with Crippen LogP contribution in [0.3, 0.4) is 0 Å². The molecule has 0 fully saturated rings. The third-order valence-corrected chi connectivity index (χ3v) is 0. The molecule has 0 aromatic rings. The Hall–Kier alpha value is -1.34. The summed E-state index contributed by atoms with van der Waals surface area (Å²) in [5.41, 5.74) is 0. The molecule has 58 valence electrons. The first kappa shape index (κ1) is 25.4. The van der Waals surface area contributed by atoms with Crippen LogP contribution in [0.1, 0.15) is 0 Å². The Bertz CT molecular complexity index is 60.0. The molecule has 0 atom stereocenters. The molecule has 0 amide bonds. The third-order valence-electron chi connectivity index (χ3n) is 0. The van der Waals surface area contributed by atoms with Crippen molar-refractivity contribution in [2.24, 2.45) is 0 Å². The molecule has 0 saturated heterocycles. The van der Waals surface area contributed by atoms with Gasteiger partial charge in [0.15, 0.2) is 0 Å². The lowest BCUT2D eigenvalue weighted by molar-refractivity contribution is -0.122. The van der Waals surface area contributed by atoms with E-state index in [1.54, 1.807) is 0 Å². The quantitative estimate of drug-likeness (QED) is 0.302. The topological polar surface area (TPSA) is 165 Å². The Morgan fingerprint density at radius 3 is 1.22 bits per heavy atom. The molecule has 0 aliphatic carbocycles. The first-order chi connectivity index (χ1) is 3.15. The van der Waals surface area contributed by atoms with Crippen LogP contribution in [-0.2, 0) is 4.79 Å². The maximum absolute atomic E-state index is 8.56. The minimum absolute atomic E-state index is 0. The van der Waals surface area contributed by atoms with E-state index in [0.717, 1.165) is 0 Å². The Morgan fingerprint density at radius 1 is 1.22 bits per heavy atom. The summed E-state index contributed by atoms with van der Waals surface area (Å²) >= 11 is 0. The van der Waals surface area contributed by atoms with Crippen LogP contribution in [-0.4, -0.2) is 27.9 Å². The van der Waals surface area contributed by atoms with Gasteiger partial charge in [-0.05, 0) is 0 Å². The summed E-state index contributed by atoms with van der Waals surface area (Å²) in [5, 5.41) is 20.8. The zero-order valence-electron chi connectivity index (χ0n) is 4.65. The second-order valence-corrected chi connectivity index (χ2v) is 0.388. The van der Waals surface area contributed by atoms with Gasteiger partial charge in [0.1, 0.15) is 0 Å². The first-order valence-electron chi connectivity index (χ1n) is 1.15. The third kappa shape index (κ3) is 80.5. The predicted molar refractivity (Wildman–Crippen MR) is 29.4 cm³/mol. The van der Waals surface area contributed by atoms with E-state index < -0.39 is 6.16 Å². The molecule has 9 heavy (non-hydrogen) atoms. The van der Waals surface area contributed by atoms with E-state index in [9.17, 15) is 0 Å². The lowest BCUT2D eigenvalue weighted by Gasteiger charge is -1.60. The van der Waals surface area contributed by atoms with Gasteiger partial charge in [0.25, 0.3) is 6.47 Å². The van der Waals surface area contributed by atoms with Crippen LogP contribution in [0.4, 0.5) is 4.79 Å². The smallest absolute Gasteiger partial charge is 0.483 e. The van der Waals surface area contributed by atoms with Crippen LogP contribution in [0, 0.1) is 0 Å². The zero-order chi connectivity index (χ0) is 6.28. The van der Waals surface area contributed by atoms with Gasteiger partial charge in [-0.15, -0.1) is 0 Å². The highest BCUT2D eigenvalue weighted by Gasteiger charge is 1.70. The van der Waals surface area contributed by atoms with Crippen LogP contribution >= 0.6 is 0 Å². The molecule has 9 N–H and O–H groups in total. The molecule has 0 aliphatic heterocycles. The largest absolute Gasteiger partial charge is 0.503 e. The Labute approximate surface area is 51.1 Å². The fraction of sp³-hybridized carbons (Fsp3) is 0. The van der Waals surface area contributed by atoms with Crippen molar-refractivity contribution >= 4 is 12.6 Å². The van der Waals surface area contributed by atoms with Crippen LogP contribution in [0.2, 0.25) is 0 Å². The summed E-state index contributed by atoms with van der Waals surface area (Å²) in [7, 11) is 0. The van der Waals surface area contributed by atoms with Crippen molar-refractivity contribution in [3.63, 3.8) is 0 Å². The standard InChI is InChI=1S/CH2O3.CH2O2.2H3N/c2-1(3)4;2-1-3;;/h(H2,2,3,4);1H,(H,2,3);2*1H3. The van der Waals surface area contributed by atoms with Crippen LogP contribution in [0.15, 0.2) is 0 Å². The maximum Gasteiger partial charge on any atom is 0.503 e. The van der Waals surface area contributed by atoms with Crippen molar-refractivity contribution in [2.45, 2.75) is 0 Å². The van der Waals surface area contributed by atoms with Crippen LogP contribution in [0.5, 0.6) is 0 Å². The van der Waals surface area contributed by atoms with E-state index in [4.69, 9.17) is 24.9 Å². The number of rotatable bonds is 0. The van der Waals surface area contributed by atoms with Gasteiger partial charge in [-0.3, -0.25) is 4.79 Å². The molecule has 7 nitrogen and oxygen atoms in total. The van der Waals surface area contributed by atoms with Gasteiger partial charge in [0.2, 0.25) is 0 Å². The molecule has 0 aromatic heterocycles. The number of carbonyl (C=O) groups is 2. The zero-order valence-corrected chi connectivity index (χ0v) is 4.65. The second-order valence-electron chi connectivity index (χ2n) is 0.388. The normalized spacial score (nSPS) is 4.00. The number of hydrogen-bond acceptors (Lipinski definition) is 4. The monoisotopic (exact) mass is 142 g/mol. The molecule has 0 aliphatic rings. The summed E-state index contributed by atoms with van der Waals surface area (Å²) in [4.78, 5) is 16.9. The second kappa shape index (κ2) is 30.2. The summed E-state index contributed by atoms with van der Waals surface area (Å²) in [6.45, 7) is -0.250. The summed E-state index contributed by atoms with van der Waals surface area (Å²) in [6, 6.07) is 0. The van der Waals surface area contributed by atoms with Gasteiger partial charge in [0, 0.05) is 0 Å². The van der Waals surface area contributed by atoms with Gasteiger partial charge >= 0.3 is 6.16 Å². The molecule has 0 rings (SSSR count).